The van der Waals surface area contributed by atoms with Gasteiger partial charge in [0, 0.05) is 35.3 Å². The Morgan fingerprint density at radius 2 is 2.03 bits per heavy atom. The van der Waals surface area contributed by atoms with Gasteiger partial charge in [-0.1, -0.05) is 12.1 Å². The number of aromatic amines is 1. The van der Waals surface area contributed by atoms with E-state index in [-0.39, 0.29) is 5.92 Å². The first-order valence-electron chi connectivity index (χ1n) is 10.2. The maximum Gasteiger partial charge on any atom is 0.416 e. The van der Waals surface area contributed by atoms with Crippen LogP contribution in [0.2, 0.25) is 0 Å². The highest BCUT2D eigenvalue weighted by Crippen LogP contribution is 2.37. The molecule has 5 rings (SSSR count). The number of halogens is 3. The number of imidazole rings is 1. The van der Waals surface area contributed by atoms with Crippen LogP contribution in [0, 0.1) is 6.92 Å². The molecule has 5 nitrogen and oxygen atoms in total. The molecule has 1 aliphatic rings. The number of H-pyrrole nitrogens is 1. The molecule has 1 aliphatic heterocycles. The predicted octanol–water partition coefficient (Wildman–Crippen LogP) is 5.49. The van der Waals surface area contributed by atoms with Gasteiger partial charge in [0.25, 0.3) is 0 Å². The molecule has 0 saturated carbocycles. The van der Waals surface area contributed by atoms with E-state index in [1.54, 1.807) is 23.6 Å². The fraction of sp³-hybridized carbons (Fsp3) is 0.364. The summed E-state index contributed by atoms with van der Waals surface area (Å²) in [5.74, 6) is 0.246. The molecule has 1 aromatic carbocycles. The standard InChI is InChI=1S/C22H22F3N5S/c1-14-19(30-9-10-31-21(30)27-14)13-29-7-5-15(6-8-29)20-18(12-26-28-20)16-3-2-4-17(11-16)22(23,24)25/h2-4,9-12,15H,5-8,13H2,1H3,(H,26,28). The van der Waals surface area contributed by atoms with Crippen molar-refractivity contribution in [2.75, 3.05) is 13.1 Å². The molecule has 0 unspecified atom stereocenters. The SMILES string of the molecule is Cc1nc2sccn2c1CN1CCC(c2[nH]ncc2-c2cccc(C(F)(F)F)c2)CC1. The van der Waals surface area contributed by atoms with Gasteiger partial charge in [-0.25, -0.2) is 4.98 Å². The van der Waals surface area contributed by atoms with E-state index in [2.05, 4.69) is 30.7 Å². The molecule has 0 atom stereocenters. The number of benzene rings is 1. The third kappa shape index (κ3) is 3.87. The van der Waals surface area contributed by atoms with Gasteiger partial charge in [0.2, 0.25) is 0 Å². The summed E-state index contributed by atoms with van der Waals surface area (Å²) in [6.07, 6.45) is 1.21. The molecule has 9 heteroatoms. The number of hydrogen-bond donors (Lipinski definition) is 1. The Kier molecular flexibility index (Phi) is 5.10. The quantitative estimate of drug-likeness (QED) is 0.452. The molecular formula is C22H22F3N5S. The number of aryl methyl sites for hydroxylation is 1. The average Bonchev–Trinajstić information content (AvgIpc) is 3.46. The second kappa shape index (κ2) is 7.80. The van der Waals surface area contributed by atoms with Crippen molar-refractivity contribution in [2.24, 2.45) is 0 Å². The molecule has 0 bridgehead atoms. The molecule has 31 heavy (non-hydrogen) atoms. The number of alkyl halides is 3. The van der Waals surface area contributed by atoms with Crippen molar-refractivity contribution in [3.05, 3.63) is 64.7 Å². The van der Waals surface area contributed by atoms with E-state index >= 15 is 0 Å². The largest absolute Gasteiger partial charge is 0.416 e. The van der Waals surface area contributed by atoms with Gasteiger partial charge in [0.05, 0.1) is 23.1 Å². The second-order valence-corrected chi connectivity index (χ2v) is 8.90. The van der Waals surface area contributed by atoms with Gasteiger partial charge in [-0.3, -0.25) is 14.4 Å². The van der Waals surface area contributed by atoms with Crippen LogP contribution in [-0.2, 0) is 12.7 Å². The van der Waals surface area contributed by atoms with E-state index < -0.39 is 11.7 Å². The van der Waals surface area contributed by atoms with Gasteiger partial charge in [-0.2, -0.15) is 18.3 Å². The van der Waals surface area contributed by atoms with Gasteiger partial charge in [0.15, 0.2) is 4.96 Å². The van der Waals surface area contributed by atoms with Crippen LogP contribution in [0.5, 0.6) is 0 Å². The maximum atomic E-state index is 13.1. The zero-order valence-corrected chi connectivity index (χ0v) is 17.8. The Bertz CT molecular complexity index is 1200. The predicted molar refractivity (Wildman–Crippen MR) is 114 cm³/mol. The summed E-state index contributed by atoms with van der Waals surface area (Å²) in [7, 11) is 0. The number of likely N-dealkylation sites (tertiary alicyclic amines) is 1. The lowest BCUT2D eigenvalue weighted by Gasteiger charge is -2.31. The third-order valence-corrected chi connectivity index (χ3v) is 6.86. The van der Waals surface area contributed by atoms with Crippen LogP contribution < -0.4 is 0 Å². The van der Waals surface area contributed by atoms with Gasteiger partial charge in [-0.15, -0.1) is 11.3 Å². The molecule has 1 saturated heterocycles. The monoisotopic (exact) mass is 445 g/mol. The van der Waals surface area contributed by atoms with Gasteiger partial charge in [0.1, 0.15) is 0 Å². The van der Waals surface area contributed by atoms with Crippen LogP contribution in [-0.4, -0.2) is 37.6 Å². The minimum Gasteiger partial charge on any atom is -0.297 e. The Morgan fingerprint density at radius 1 is 1.23 bits per heavy atom. The fourth-order valence-electron chi connectivity index (χ4n) is 4.42. The highest BCUT2D eigenvalue weighted by molar-refractivity contribution is 7.15. The van der Waals surface area contributed by atoms with Crippen molar-refractivity contribution in [3.8, 4) is 11.1 Å². The molecular weight excluding hydrogens is 423 g/mol. The minimum atomic E-state index is -4.36. The number of nitrogens with zero attached hydrogens (tertiary/aromatic N) is 4. The fourth-order valence-corrected chi connectivity index (χ4v) is 5.20. The topological polar surface area (TPSA) is 49.2 Å². The van der Waals surface area contributed by atoms with Gasteiger partial charge < -0.3 is 0 Å². The first kappa shape index (κ1) is 20.3. The molecule has 0 amide bonds. The van der Waals surface area contributed by atoms with Crippen molar-refractivity contribution in [3.63, 3.8) is 0 Å². The maximum absolute atomic E-state index is 13.1. The second-order valence-electron chi connectivity index (χ2n) is 8.03. The molecule has 1 fully saturated rings. The lowest BCUT2D eigenvalue weighted by atomic mass is 9.89. The normalized spacial score (nSPS) is 16.4. The van der Waals surface area contributed by atoms with Crippen molar-refractivity contribution in [2.45, 2.75) is 38.4 Å². The average molecular weight is 446 g/mol. The highest BCUT2D eigenvalue weighted by atomic mass is 32.1. The van der Waals surface area contributed by atoms with Crippen LogP contribution in [0.25, 0.3) is 16.1 Å². The molecule has 3 aromatic heterocycles. The Morgan fingerprint density at radius 3 is 2.81 bits per heavy atom. The number of piperidine rings is 1. The van der Waals surface area contributed by atoms with Crippen LogP contribution >= 0.6 is 11.3 Å². The van der Waals surface area contributed by atoms with E-state index in [9.17, 15) is 13.2 Å². The molecule has 0 spiro atoms. The Labute approximate surface area is 181 Å². The summed E-state index contributed by atoms with van der Waals surface area (Å²) >= 11 is 1.64. The molecule has 1 N–H and O–H groups in total. The summed E-state index contributed by atoms with van der Waals surface area (Å²) in [5, 5.41) is 9.26. The number of thiazole rings is 1. The molecule has 162 valence electrons. The van der Waals surface area contributed by atoms with Gasteiger partial charge in [-0.05, 0) is 50.6 Å². The smallest absolute Gasteiger partial charge is 0.297 e. The van der Waals surface area contributed by atoms with Crippen LogP contribution in [0.4, 0.5) is 13.2 Å². The lowest BCUT2D eigenvalue weighted by molar-refractivity contribution is -0.137. The van der Waals surface area contributed by atoms with Crippen molar-refractivity contribution < 1.29 is 13.2 Å². The zero-order chi connectivity index (χ0) is 21.6. The van der Waals surface area contributed by atoms with Crippen LogP contribution in [0.1, 0.15) is 41.4 Å². The van der Waals surface area contributed by atoms with Crippen molar-refractivity contribution >= 4 is 16.3 Å². The van der Waals surface area contributed by atoms with E-state index in [1.165, 1.54) is 17.8 Å². The summed E-state index contributed by atoms with van der Waals surface area (Å²) in [6.45, 7) is 4.73. The summed E-state index contributed by atoms with van der Waals surface area (Å²) < 4.78 is 41.6. The van der Waals surface area contributed by atoms with E-state index in [0.29, 0.717) is 5.56 Å². The van der Waals surface area contributed by atoms with Gasteiger partial charge >= 0.3 is 6.18 Å². The molecule has 4 heterocycles. The van der Waals surface area contributed by atoms with E-state index in [0.717, 1.165) is 60.5 Å². The Hall–Kier alpha value is -2.65. The number of nitrogens with one attached hydrogen (secondary N) is 1. The molecule has 0 radical (unpaired) electrons. The minimum absolute atomic E-state index is 0.246. The summed E-state index contributed by atoms with van der Waals surface area (Å²) in [4.78, 5) is 8.07. The number of aromatic nitrogens is 4. The Balaban J connectivity index is 1.31. The third-order valence-electron chi connectivity index (χ3n) is 6.10. The van der Waals surface area contributed by atoms with Crippen LogP contribution in [0.3, 0.4) is 0 Å². The van der Waals surface area contributed by atoms with E-state index in [4.69, 9.17) is 0 Å². The van der Waals surface area contributed by atoms with Crippen molar-refractivity contribution in [1.82, 2.24) is 24.5 Å². The first-order valence-corrected chi connectivity index (χ1v) is 11.1. The zero-order valence-electron chi connectivity index (χ0n) is 17.0. The summed E-state index contributed by atoms with van der Waals surface area (Å²) in [6, 6.07) is 5.48. The van der Waals surface area contributed by atoms with Crippen molar-refractivity contribution in [1.29, 1.82) is 0 Å². The number of hydrogen-bond acceptors (Lipinski definition) is 4. The highest BCUT2D eigenvalue weighted by Gasteiger charge is 2.31. The first-order chi connectivity index (χ1) is 14.9. The lowest BCUT2D eigenvalue weighted by Crippen LogP contribution is -2.33. The molecule has 4 aromatic rings. The molecule has 0 aliphatic carbocycles. The number of fused-ring (bicyclic) bond motifs is 1. The number of rotatable bonds is 4. The van der Waals surface area contributed by atoms with E-state index in [1.807, 2.05) is 12.3 Å². The summed E-state index contributed by atoms with van der Waals surface area (Å²) in [5.41, 5.74) is 3.89. The van der Waals surface area contributed by atoms with Crippen LogP contribution in [0.15, 0.2) is 42.0 Å².